The molecule has 1 aromatic carbocycles. The number of benzene rings is 1. The van der Waals surface area contributed by atoms with Gasteiger partial charge in [0.05, 0.1) is 0 Å². The number of halogens is 1. The van der Waals surface area contributed by atoms with Crippen molar-refractivity contribution < 1.29 is 9.18 Å². The lowest BCUT2D eigenvalue weighted by atomic mass is 10.2. The molecule has 0 aromatic heterocycles. The molecule has 1 atom stereocenters. The summed E-state index contributed by atoms with van der Waals surface area (Å²) in [5, 5.41) is 6.05. The molecule has 4 heteroatoms. The van der Waals surface area contributed by atoms with Crippen molar-refractivity contribution in [3.05, 3.63) is 35.6 Å². The van der Waals surface area contributed by atoms with Gasteiger partial charge in [0, 0.05) is 18.2 Å². The number of nitrogens with one attached hydrogen (secondary N) is 2. The van der Waals surface area contributed by atoms with E-state index in [2.05, 4.69) is 10.6 Å². The van der Waals surface area contributed by atoms with Crippen LogP contribution in [0, 0.1) is 5.82 Å². The summed E-state index contributed by atoms with van der Waals surface area (Å²) in [5.74, 6) is -0.460. The molecule has 0 radical (unpaired) electrons. The van der Waals surface area contributed by atoms with Crippen LogP contribution in [0.3, 0.4) is 0 Å². The molecule has 0 spiro atoms. The van der Waals surface area contributed by atoms with E-state index in [1.54, 1.807) is 0 Å². The van der Waals surface area contributed by atoms with Crippen molar-refractivity contribution in [1.82, 2.24) is 10.6 Å². The molecule has 1 amide bonds. The molecule has 0 bridgehead atoms. The predicted octanol–water partition coefficient (Wildman–Crippen LogP) is 0.917. The second-order valence-electron chi connectivity index (χ2n) is 3.67. The van der Waals surface area contributed by atoms with Crippen molar-refractivity contribution in [1.29, 1.82) is 0 Å². The van der Waals surface area contributed by atoms with E-state index in [0.717, 1.165) is 19.5 Å². The zero-order valence-electron chi connectivity index (χ0n) is 8.29. The number of carbonyl (C=O) groups is 1. The SMILES string of the molecule is O=C(NC1CCNC1)c1ccc(F)cc1. The fraction of sp³-hybridized carbons (Fsp3) is 0.364. The molecule has 1 aliphatic heterocycles. The third kappa shape index (κ3) is 2.53. The van der Waals surface area contributed by atoms with Crippen molar-refractivity contribution in [2.45, 2.75) is 12.5 Å². The Bertz CT molecular complexity index is 344. The van der Waals surface area contributed by atoms with Gasteiger partial charge in [-0.3, -0.25) is 4.79 Å². The molecule has 80 valence electrons. The number of hydrogen-bond acceptors (Lipinski definition) is 2. The summed E-state index contributed by atoms with van der Waals surface area (Å²) in [4.78, 5) is 11.7. The predicted molar refractivity (Wildman–Crippen MR) is 55.1 cm³/mol. The van der Waals surface area contributed by atoms with Gasteiger partial charge in [0.25, 0.3) is 5.91 Å². The number of rotatable bonds is 2. The number of hydrogen-bond donors (Lipinski definition) is 2. The first kappa shape index (κ1) is 10.1. The van der Waals surface area contributed by atoms with Crippen LogP contribution < -0.4 is 10.6 Å². The topological polar surface area (TPSA) is 41.1 Å². The summed E-state index contributed by atoms with van der Waals surface area (Å²) in [6.45, 7) is 1.75. The maximum absolute atomic E-state index is 12.6. The molecule has 3 nitrogen and oxygen atoms in total. The van der Waals surface area contributed by atoms with Crippen LogP contribution in [-0.2, 0) is 0 Å². The third-order valence-corrected chi connectivity index (χ3v) is 2.50. The van der Waals surface area contributed by atoms with E-state index in [9.17, 15) is 9.18 Å². The minimum absolute atomic E-state index is 0.135. The first-order valence-corrected chi connectivity index (χ1v) is 5.03. The van der Waals surface area contributed by atoms with Gasteiger partial charge >= 0.3 is 0 Å². The minimum atomic E-state index is -0.325. The largest absolute Gasteiger partial charge is 0.348 e. The van der Waals surface area contributed by atoms with Crippen molar-refractivity contribution in [3.63, 3.8) is 0 Å². The molecular formula is C11H13FN2O. The maximum atomic E-state index is 12.6. The van der Waals surface area contributed by atoms with Gasteiger partial charge in [-0.2, -0.15) is 0 Å². The Morgan fingerprint density at radius 3 is 2.73 bits per heavy atom. The van der Waals surface area contributed by atoms with E-state index < -0.39 is 0 Å². The van der Waals surface area contributed by atoms with Gasteiger partial charge in [-0.05, 0) is 37.2 Å². The highest BCUT2D eigenvalue weighted by Gasteiger charge is 2.17. The number of carbonyl (C=O) groups excluding carboxylic acids is 1. The molecule has 1 heterocycles. The Morgan fingerprint density at radius 1 is 1.40 bits per heavy atom. The summed E-state index contributed by atoms with van der Waals surface area (Å²) < 4.78 is 12.6. The van der Waals surface area contributed by atoms with E-state index >= 15 is 0 Å². The fourth-order valence-corrected chi connectivity index (χ4v) is 1.65. The van der Waals surface area contributed by atoms with E-state index in [1.165, 1.54) is 24.3 Å². The molecule has 1 aliphatic rings. The van der Waals surface area contributed by atoms with Crippen LogP contribution in [0.5, 0.6) is 0 Å². The highest BCUT2D eigenvalue weighted by atomic mass is 19.1. The summed E-state index contributed by atoms with van der Waals surface area (Å²) in [6.07, 6.45) is 0.951. The Kier molecular flexibility index (Phi) is 2.97. The normalized spacial score (nSPS) is 20.2. The average molecular weight is 208 g/mol. The second kappa shape index (κ2) is 4.40. The van der Waals surface area contributed by atoms with Gasteiger partial charge in [-0.1, -0.05) is 0 Å². The minimum Gasteiger partial charge on any atom is -0.348 e. The van der Waals surface area contributed by atoms with Crippen LogP contribution in [0.1, 0.15) is 16.8 Å². The highest BCUT2D eigenvalue weighted by Crippen LogP contribution is 2.04. The lowest BCUT2D eigenvalue weighted by molar-refractivity contribution is 0.0940. The molecular weight excluding hydrogens is 195 g/mol. The lowest BCUT2D eigenvalue weighted by Crippen LogP contribution is -2.36. The molecule has 1 aromatic rings. The summed E-state index contributed by atoms with van der Waals surface area (Å²) >= 11 is 0. The second-order valence-corrected chi connectivity index (χ2v) is 3.67. The molecule has 2 rings (SSSR count). The molecule has 1 saturated heterocycles. The first-order valence-electron chi connectivity index (χ1n) is 5.03. The molecule has 2 N–H and O–H groups in total. The smallest absolute Gasteiger partial charge is 0.251 e. The lowest BCUT2D eigenvalue weighted by Gasteiger charge is -2.10. The number of amides is 1. The van der Waals surface area contributed by atoms with Crippen LogP contribution in [0.2, 0.25) is 0 Å². The van der Waals surface area contributed by atoms with Crippen LogP contribution in [0.4, 0.5) is 4.39 Å². The van der Waals surface area contributed by atoms with E-state index in [4.69, 9.17) is 0 Å². The Hall–Kier alpha value is -1.42. The quantitative estimate of drug-likeness (QED) is 0.758. The van der Waals surface area contributed by atoms with E-state index in [1.807, 2.05) is 0 Å². The van der Waals surface area contributed by atoms with Crippen LogP contribution >= 0.6 is 0 Å². The maximum Gasteiger partial charge on any atom is 0.251 e. The van der Waals surface area contributed by atoms with Crippen LogP contribution in [0.15, 0.2) is 24.3 Å². The Morgan fingerprint density at radius 2 is 2.13 bits per heavy atom. The molecule has 1 unspecified atom stereocenters. The van der Waals surface area contributed by atoms with Crippen molar-refractivity contribution in [2.24, 2.45) is 0 Å². The third-order valence-electron chi connectivity index (χ3n) is 2.50. The van der Waals surface area contributed by atoms with Crippen LogP contribution in [0.25, 0.3) is 0 Å². The Labute approximate surface area is 87.7 Å². The monoisotopic (exact) mass is 208 g/mol. The Balaban J connectivity index is 1.98. The summed E-state index contributed by atoms with van der Waals surface area (Å²) in [5.41, 5.74) is 0.503. The molecule has 1 fully saturated rings. The van der Waals surface area contributed by atoms with Crippen molar-refractivity contribution in [3.8, 4) is 0 Å². The molecule has 0 saturated carbocycles. The zero-order chi connectivity index (χ0) is 10.7. The van der Waals surface area contributed by atoms with Gasteiger partial charge in [0.1, 0.15) is 5.82 Å². The first-order chi connectivity index (χ1) is 7.25. The summed E-state index contributed by atoms with van der Waals surface area (Å²) in [7, 11) is 0. The van der Waals surface area contributed by atoms with Gasteiger partial charge in [0.2, 0.25) is 0 Å². The molecule has 0 aliphatic carbocycles. The van der Waals surface area contributed by atoms with Crippen LogP contribution in [-0.4, -0.2) is 25.0 Å². The highest BCUT2D eigenvalue weighted by molar-refractivity contribution is 5.94. The molecule has 15 heavy (non-hydrogen) atoms. The zero-order valence-corrected chi connectivity index (χ0v) is 8.29. The van der Waals surface area contributed by atoms with Crippen molar-refractivity contribution in [2.75, 3.05) is 13.1 Å². The summed E-state index contributed by atoms with van der Waals surface area (Å²) in [6, 6.07) is 5.77. The van der Waals surface area contributed by atoms with E-state index in [-0.39, 0.29) is 17.8 Å². The van der Waals surface area contributed by atoms with E-state index in [0.29, 0.717) is 5.56 Å². The van der Waals surface area contributed by atoms with Gasteiger partial charge < -0.3 is 10.6 Å². The van der Waals surface area contributed by atoms with Gasteiger partial charge in [-0.15, -0.1) is 0 Å². The van der Waals surface area contributed by atoms with Crippen molar-refractivity contribution >= 4 is 5.91 Å². The average Bonchev–Trinajstić information content (AvgIpc) is 2.71. The standard InChI is InChI=1S/C11H13FN2O/c12-9-3-1-8(2-4-9)11(15)14-10-5-6-13-7-10/h1-4,10,13H,5-7H2,(H,14,15). The van der Waals surface area contributed by atoms with Gasteiger partial charge in [0.15, 0.2) is 0 Å². The van der Waals surface area contributed by atoms with Gasteiger partial charge in [-0.25, -0.2) is 4.39 Å². The fourth-order valence-electron chi connectivity index (χ4n) is 1.65.